The third-order valence-corrected chi connectivity index (χ3v) is 6.45. The molecule has 6 heteroatoms. The average Bonchev–Trinajstić information content (AvgIpc) is 3.28. The first kappa shape index (κ1) is 21.2. The highest BCUT2D eigenvalue weighted by Crippen LogP contribution is 2.33. The number of aromatic nitrogens is 2. The molecule has 1 N–H and O–H groups in total. The van der Waals surface area contributed by atoms with Crippen LogP contribution in [0.25, 0.3) is 44.1 Å². The minimum Gasteiger partial charge on any atom is -0.494 e. The Bertz CT molecular complexity index is 1710. The maximum absolute atomic E-state index is 12.8. The van der Waals surface area contributed by atoms with Crippen molar-refractivity contribution in [3.63, 3.8) is 0 Å². The van der Waals surface area contributed by atoms with Gasteiger partial charge in [-0.3, -0.25) is 4.79 Å². The van der Waals surface area contributed by atoms with E-state index in [0.29, 0.717) is 34.8 Å². The van der Waals surface area contributed by atoms with Gasteiger partial charge in [-0.1, -0.05) is 24.3 Å². The van der Waals surface area contributed by atoms with Gasteiger partial charge in [-0.15, -0.1) is 0 Å². The number of rotatable bonds is 6. The summed E-state index contributed by atoms with van der Waals surface area (Å²) in [6.45, 7) is 0.571. The Hall–Kier alpha value is -4.32. The zero-order chi connectivity index (χ0) is 23.9. The number of H-pyrrole nitrogens is 1. The first-order valence-electron chi connectivity index (χ1n) is 11.7. The molecule has 0 atom stereocenters. The molecule has 0 bridgehead atoms. The van der Waals surface area contributed by atoms with Gasteiger partial charge >= 0.3 is 0 Å². The van der Waals surface area contributed by atoms with Crippen LogP contribution in [0.15, 0.2) is 82.1 Å². The van der Waals surface area contributed by atoms with Gasteiger partial charge in [0, 0.05) is 60.0 Å². The summed E-state index contributed by atoms with van der Waals surface area (Å²) in [5.41, 5.74) is 4.19. The van der Waals surface area contributed by atoms with Crippen molar-refractivity contribution in [1.29, 1.82) is 0 Å². The van der Waals surface area contributed by atoms with Gasteiger partial charge < -0.3 is 19.0 Å². The Morgan fingerprint density at radius 3 is 2.74 bits per heavy atom. The van der Waals surface area contributed by atoms with Gasteiger partial charge in [-0.25, -0.2) is 4.98 Å². The summed E-state index contributed by atoms with van der Waals surface area (Å²) >= 11 is 0. The molecule has 1 aromatic heterocycles. The van der Waals surface area contributed by atoms with Crippen LogP contribution in [0.3, 0.4) is 0 Å². The third kappa shape index (κ3) is 3.87. The molecule has 0 radical (unpaired) electrons. The molecule has 3 aromatic carbocycles. The molecule has 0 saturated carbocycles. The molecule has 2 aliphatic rings. The van der Waals surface area contributed by atoms with Gasteiger partial charge in [0.15, 0.2) is 16.8 Å². The molecule has 4 aromatic rings. The summed E-state index contributed by atoms with van der Waals surface area (Å²) < 4.78 is 12.2. The van der Waals surface area contributed by atoms with Crippen molar-refractivity contribution in [2.75, 3.05) is 25.6 Å². The van der Waals surface area contributed by atoms with Crippen molar-refractivity contribution in [1.82, 2.24) is 9.97 Å². The van der Waals surface area contributed by atoms with Gasteiger partial charge in [-0.2, -0.15) is 0 Å². The number of aromatic amines is 1. The number of hydrogen-bond donors (Lipinski definition) is 1. The second-order valence-corrected chi connectivity index (χ2v) is 9.00. The van der Waals surface area contributed by atoms with E-state index in [0.717, 1.165) is 29.4 Å². The minimum absolute atomic E-state index is 0.0914. The Balaban J connectivity index is 1.28. The fourth-order valence-corrected chi connectivity index (χ4v) is 4.60. The lowest BCUT2D eigenvalue weighted by Gasteiger charge is -2.14. The van der Waals surface area contributed by atoms with Crippen LogP contribution in [0.4, 0.5) is 5.69 Å². The lowest BCUT2D eigenvalue weighted by Crippen LogP contribution is -2.08. The molecule has 0 amide bonds. The summed E-state index contributed by atoms with van der Waals surface area (Å²) in [6, 6.07) is 21.3. The maximum atomic E-state index is 12.8. The van der Waals surface area contributed by atoms with E-state index < -0.39 is 0 Å². The Kier molecular flexibility index (Phi) is 5.14. The Morgan fingerprint density at radius 2 is 1.86 bits per heavy atom. The molecule has 0 fully saturated rings. The zero-order valence-electron chi connectivity index (χ0n) is 19.7. The van der Waals surface area contributed by atoms with Gasteiger partial charge in [0.2, 0.25) is 0 Å². The third-order valence-electron chi connectivity index (χ3n) is 6.45. The zero-order valence-corrected chi connectivity index (χ0v) is 19.7. The van der Waals surface area contributed by atoms with Gasteiger partial charge in [0.1, 0.15) is 17.0 Å². The molecule has 6 rings (SSSR count). The number of hydrogen-bond acceptors (Lipinski definition) is 5. The predicted molar refractivity (Wildman–Crippen MR) is 141 cm³/mol. The van der Waals surface area contributed by atoms with Gasteiger partial charge in [0.05, 0.1) is 6.61 Å². The lowest BCUT2D eigenvalue weighted by molar-refractivity contribution is 0.311. The first-order chi connectivity index (χ1) is 17.1. The monoisotopic (exact) mass is 463 g/mol. The Labute approximate surface area is 202 Å². The highest BCUT2D eigenvalue weighted by molar-refractivity contribution is 5.97. The molecule has 1 aliphatic carbocycles. The van der Waals surface area contributed by atoms with Crippen molar-refractivity contribution in [2.24, 2.45) is 0 Å². The van der Waals surface area contributed by atoms with E-state index in [-0.39, 0.29) is 5.43 Å². The van der Waals surface area contributed by atoms with Crippen LogP contribution in [-0.4, -0.2) is 30.7 Å². The number of nitrogens with one attached hydrogen (secondary N) is 1. The van der Waals surface area contributed by atoms with E-state index in [4.69, 9.17) is 14.1 Å². The van der Waals surface area contributed by atoms with Gasteiger partial charge in [0.25, 0.3) is 0 Å². The fourth-order valence-electron chi connectivity index (χ4n) is 4.60. The largest absolute Gasteiger partial charge is 0.494 e. The van der Waals surface area contributed by atoms with Crippen LogP contribution in [0.5, 0.6) is 5.75 Å². The molecule has 2 heterocycles. The molecule has 1 aliphatic heterocycles. The molecule has 35 heavy (non-hydrogen) atoms. The topological polar surface area (TPSA) is 71.4 Å². The standard InChI is InChI=1S/C29H25N3O3/c1-32(2)19-9-12-25-27(14-19)35-28-16-26(33)22-11-10-20(15-23(22)29(28)31-25)34-13-5-8-24-21-7-4-3-6-18(21)17-30-24/h3-4,6-7,9-12,14-17,30H,5,8,13H2,1-2H3. The molecule has 174 valence electrons. The maximum Gasteiger partial charge on any atom is 0.190 e. The highest BCUT2D eigenvalue weighted by atomic mass is 16.5. The lowest BCUT2D eigenvalue weighted by atomic mass is 10.0. The second-order valence-electron chi connectivity index (χ2n) is 9.00. The second kappa shape index (κ2) is 8.47. The highest BCUT2D eigenvalue weighted by Gasteiger charge is 2.17. The number of aryl methyl sites for hydroxylation is 1. The van der Waals surface area contributed by atoms with Crippen molar-refractivity contribution in [2.45, 2.75) is 12.8 Å². The molecular formula is C29H25N3O3. The molecular weight excluding hydrogens is 438 g/mol. The number of fused-ring (bicyclic) bond motifs is 5. The van der Waals surface area contributed by atoms with E-state index in [1.54, 1.807) is 0 Å². The molecule has 0 saturated heterocycles. The van der Waals surface area contributed by atoms with E-state index in [9.17, 15) is 4.79 Å². The van der Waals surface area contributed by atoms with Crippen LogP contribution in [0, 0.1) is 0 Å². The first-order valence-corrected chi connectivity index (χ1v) is 11.7. The number of nitrogens with zero attached hydrogens (tertiary/aromatic N) is 2. The summed E-state index contributed by atoms with van der Waals surface area (Å²) in [7, 11) is 3.95. The van der Waals surface area contributed by atoms with Crippen LogP contribution in [0.2, 0.25) is 0 Å². The van der Waals surface area contributed by atoms with E-state index in [2.05, 4.69) is 23.2 Å². The van der Waals surface area contributed by atoms with Crippen LogP contribution in [0.1, 0.15) is 12.1 Å². The SMILES string of the molecule is CN(C)c1ccc2nc3c4cc(OCCCc5[nH]cc6ccccc56)ccc4c(=O)cc-3oc2c1. The van der Waals surface area contributed by atoms with Crippen LogP contribution in [-0.2, 0) is 6.42 Å². The molecule has 6 nitrogen and oxygen atoms in total. The minimum atomic E-state index is -0.0914. The number of ether oxygens (including phenoxy) is 1. The molecule has 0 unspecified atom stereocenters. The average molecular weight is 464 g/mol. The predicted octanol–water partition coefficient (Wildman–Crippen LogP) is 6.00. The fraction of sp³-hybridized carbons (Fsp3) is 0.172. The van der Waals surface area contributed by atoms with Crippen molar-refractivity contribution >= 4 is 38.3 Å². The Morgan fingerprint density at radius 1 is 0.971 bits per heavy atom. The smallest absolute Gasteiger partial charge is 0.190 e. The number of anilines is 1. The number of benzene rings is 4. The quantitative estimate of drug-likeness (QED) is 0.186. The van der Waals surface area contributed by atoms with E-state index >= 15 is 0 Å². The summed E-state index contributed by atoms with van der Waals surface area (Å²) in [5.74, 6) is 1.19. The van der Waals surface area contributed by atoms with E-state index in [1.165, 1.54) is 22.5 Å². The van der Waals surface area contributed by atoms with Crippen molar-refractivity contribution in [3.05, 3.63) is 88.8 Å². The summed E-state index contributed by atoms with van der Waals surface area (Å²) in [5, 5.41) is 3.83. The van der Waals surface area contributed by atoms with Crippen molar-refractivity contribution < 1.29 is 9.15 Å². The van der Waals surface area contributed by atoms with Gasteiger partial charge in [-0.05, 0) is 48.6 Å². The molecule has 0 spiro atoms. The summed E-state index contributed by atoms with van der Waals surface area (Å²) in [4.78, 5) is 23.0. The normalized spacial score (nSPS) is 11.6. The van der Waals surface area contributed by atoms with E-state index in [1.807, 2.05) is 67.7 Å². The van der Waals surface area contributed by atoms with Crippen LogP contribution >= 0.6 is 0 Å². The van der Waals surface area contributed by atoms with Crippen molar-refractivity contribution in [3.8, 4) is 17.2 Å². The summed E-state index contributed by atoms with van der Waals surface area (Å²) in [6.07, 6.45) is 3.82. The van der Waals surface area contributed by atoms with Crippen LogP contribution < -0.4 is 15.1 Å².